The van der Waals surface area contributed by atoms with Crippen LogP contribution in [0.25, 0.3) is 0 Å². The van der Waals surface area contributed by atoms with Crippen molar-refractivity contribution in [2.45, 2.75) is 5.54 Å². The lowest BCUT2D eigenvalue weighted by Gasteiger charge is -2.34. The van der Waals surface area contributed by atoms with Crippen molar-refractivity contribution in [2.24, 2.45) is 0 Å². The summed E-state index contributed by atoms with van der Waals surface area (Å²) in [6.07, 6.45) is 3.20. The maximum atomic E-state index is 13.9. The fourth-order valence-electron chi connectivity index (χ4n) is 3.38. The van der Waals surface area contributed by atoms with E-state index < -0.39 is 5.54 Å². The molecule has 0 N–H and O–H groups in total. The first-order chi connectivity index (χ1) is 12.8. The van der Waals surface area contributed by atoms with Crippen LogP contribution in [-0.2, 0) is 5.54 Å². The van der Waals surface area contributed by atoms with Gasteiger partial charge in [-0.2, -0.15) is 0 Å². The number of Topliss-reactive ketones (excluding diaryl/α,β-unsaturated/α-hetero) is 1. The molecule has 0 fully saturated rings. The summed E-state index contributed by atoms with van der Waals surface area (Å²) < 4.78 is 1.78. The van der Waals surface area contributed by atoms with Crippen molar-refractivity contribution in [3.63, 3.8) is 0 Å². The standard InChI is InChI=1S/C22H17N3O/c26-21(18-10-4-1-5-11-18)22(25-16-23-24-17-25,19-12-6-2-7-13-19)20-14-8-3-9-15-20/h1-17H. The Balaban J connectivity index is 2.07. The van der Waals surface area contributed by atoms with E-state index in [1.807, 2.05) is 91.0 Å². The summed E-state index contributed by atoms with van der Waals surface area (Å²) in [6.45, 7) is 0. The molecule has 4 nitrogen and oxygen atoms in total. The van der Waals surface area contributed by atoms with Gasteiger partial charge in [0.1, 0.15) is 12.7 Å². The predicted molar refractivity (Wildman–Crippen MR) is 99.9 cm³/mol. The highest BCUT2D eigenvalue weighted by Crippen LogP contribution is 2.37. The van der Waals surface area contributed by atoms with Gasteiger partial charge in [0, 0.05) is 5.56 Å². The summed E-state index contributed by atoms with van der Waals surface area (Å²) in [5.41, 5.74) is 1.28. The van der Waals surface area contributed by atoms with Gasteiger partial charge in [0.2, 0.25) is 0 Å². The van der Waals surface area contributed by atoms with Crippen LogP contribution in [0.4, 0.5) is 0 Å². The van der Waals surface area contributed by atoms with Crippen LogP contribution < -0.4 is 0 Å². The van der Waals surface area contributed by atoms with Crippen LogP contribution in [0.15, 0.2) is 104 Å². The van der Waals surface area contributed by atoms with Gasteiger partial charge in [-0.25, -0.2) is 0 Å². The molecular formula is C22H17N3O. The molecule has 126 valence electrons. The number of hydrogen-bond acceptors (Lipinski definition) is 3. The first-order valence-electron chi connectivity index (χ1n) is 8.39. The van der Waals surface area contributed by atoms with Gasteiger partial charge in [0.15, 0.2) is 11.3 Å². The zero-order chi connectivity index (χ0) is 17.8. The van der Waals surface area contributed by atoms with Crippen LogP contribution in [0.1, 0.15) is 21.5 Å². The molecule has 0 aliphatic heterocycles. The summed E-state index contributed by atoms with van der Waals surface area (Å²) in [5, 5.41) is 7.95. The van der Waals surface area contributed by atoms with E-state index in [2.05, 4.69) is 10.2 Å². The van der Waals surface area contributed by atoms with Crippen molar-refractivity contribution in [3.8, 4) is 0 Å². The van der Waals surface area contributed by atoms with Gasteiger partial charge in [-0.15, -0.1) is 10.2 Å². The van der Waals surface area contributed by atoms with E-state index in [1.165, 1.54) is 0 Å². The van der Waals surface area contributed by atoms with Crippen LogP contribution >= 0.6 is 0 Å². The van der Waals surface area contributed by atoms with Gasteiger partial charge < -0.3 is 0 Å². The highest BCUT2D eigenvalue weighted by Gasteiger charge is 2.44. The van der Waals surface area contributed by atoms with E-state index in [0.29, 0.717) is 5.56 Å². The molecule has 0 atom stereocenters. The van der Waals surface area contributed by atoms with Crippen molar-refractivity contribution >= 4 is 5.78 Å². The number of ketones is 1. The fraction of sp³-hybridized carbons (Fsp3) is 0.0455. The third-order valence-electron chi connectivity index (χ3n) is 4.55. The van der Waals surface area contributed by atoms with Gasteiger partial charge in [0.25, 0.3) is 0 Å². The molecule has 1 heterocycles. The molecule has 0 aliphatic carbocycles. The Morgan fingerprint density at radius 1 is 0.654 bits per heavy atom. The zero-order valence-electron chi connectivity index (χ0n) is 14.1. The van der Waals surface area contributed by atoms with E-state index in [-0.39, 0.29) is 5.78 Å². The molecule has 0 saturated carbocycles. The zero-order valence-corrected chi connectivity index (χ0v) is 14.1. The number of hydrogen-bond donors (Lipinski definition) is 0. The summed E-state index contributed by atoms with van der Waals surface area (Å²) in [5.74, 6) is -0.0321. The lowest BCUT2D eigenvalue weighted by Crippen LogP contribution is -2.43. The Bertz CT molecular complexity index is 942. The Morgan fingerprint density at radius 2 is 1.08 bits per heavy atom. The second-order valence-electron chi connectivity index (χ2n) is 6.01. The summed E-state index contributed by atoms with van der Waals surface area (Å²) in [4.78, 5) is 13.9. The first-order valence-corrected chi connectivity index (χ1v) is 8.39. The summed E-state index contributed by atoms with van der Waals surface area (Å²) in [7, 11) is 0. The maximum absolute atomic E-state index is 13.9. The minimum absolute atomic E-state index is 0.0321. The van der Waals surface area contributed by atoms with Crippen LogP contribution in [0.2, 0.25) is 0 Å². The molecule has 0 saturated heterocycles. The van der Waals surface area contributed by atoms with E-state index >= 15 is 0 Å². The maximum Gasteiger partial charge on any atom is 0.198 e. The third kappa shape index (κ3) is 2.52. The van der Waals surface area contributed by atoms with Crippen LogP contribution in [-0.4, -0.2) is 20.5 Å². The van der Waals surface area contributed by atoms with Crippen molar-refractivity contribution in [3.05, 3.63) is 120 Å². The highest BCUT2D eigenvalue weighted by atomic mass is 16.1. The Hall–Kier alpha value is -3.53. The van der Waals surface area contributed by atoms with Crippen molar-refractivity contribution in [1.82, 2.24) is 14.8 Å². The summed E-state index contributed by atoms with van der Waals surface area (Å²) in [6, 6.07) is 28.8. The SMILES string of the molecule is O=C(c1ccccc1)C(c1ccccc1)(c1ccccc1)n1cnnc1. The van der Waals surface area contributed by atoms with Gasteiger partial charge >= 0.3 is 0 Å². The molecule has 3 aromatic carbocycles. The monoisotopic (exact) mass is 339 g/mol. The second kappa shape index (κ2) is 6.76. The third-order valence-corrected chi connectivity index (χ3v) is 4.55. The molecule has 4 aromatic rings. The number of carbonyl (C=O) groups excluding carboxylic acids is 1. The van der Waals surface area contributed by atoms with Gasteiger partial charge in [-0.1, -0.05) is 91.0 Å². The topological polar surface area (TPSA) is 47.8 Å². The van der Waals surface area contributed by atoms with Crippen LogP contribution in [0.5, 0.6) is 0 Å². The largest absolute Gasteiger partial charge is 0.298 e. The molecular weight excluding hydrogens is 322 g/mol. The smallest absolute Gasteiger partial charge is 0.198 e. The van der Waals surface area contributed by atoms with E-state index in [0.717, 1.165) is 11.1 Å². The second-order valence-corrected chi connectivity index (χ2v) is 6.01. The molecule has 4 heteroatoms. The van der Waals surface area contributed by atoms with Gasteiger partial charge in [-0.3, -0.25) is 9.36 Å². The van der Waals surface area contributed by atoms with Crippen LogP contribution in [0, 0.1) is 0 Å². The Labute approximate surface area is 151 Å². The number of carbonyl (C=O) groups is 1. The average Bonchev–Trinajstić information content (AvgIpc) is 3.26. The van der Waals surface area contributed by atoms with Crippen molar-refractivity contribution in [1.29, 1.82) is 0 Å². The van der Waals surface area contributed by atoms with Crippen LogP contribution in [0.3, 0.4) is 0 Å². The lowest BCUT2D eigenvalue weighted by molar-refractivity contribution is 0.0888. The molecule has 0 bridgehead atoms. The quantitative estimate of drug-likeness (QED) is 0.517. The number of rotatable bonds is 5. The molecule has 0 radical (unpaired) electrons. The first kappa shape index (κ1) is 16.0. The van der Waals surface area contributed by atoms with E-state index in [9.17, 15) is 4.79 Å². The average molecular weight is 339 g/mol. The van der Waals surface area contributed by atoms with Crippen molar-refractivity contribution < 1.29 is 4.79 Å². The molecule has 0 spiro atoms. The Kier molecular flexibility index (Phi) is 4.15. The number of benzene rings is 3. The molecule has 0 unspecified atom stereocenters. The fourth-order valence-corrected chi connectivity index (χ4v) is 3.38. The number of nitrogens with zero attached hydrogens (tertiary/aromatic N) is 3. The Morgan fingerprint density at radius 3 is 1.54 bits per heavy atom. The van der Waals surface area contributed by atoms with Gasteiger partial charge in [0.05, 0.1) is 0 Å². The minimum Gasteiger partial charge on any atom is -0.298 e. The predicted octanol–water partition coefficient (Wildman–Crippen LogP) is 3.95. The summed E-state index contributed by atoms with van der Waals surface area (Å²) >= 11 is 0. The van der Waals surface area contributed by atoms with E-state index in [4.69, 9.17) is 0 Å². The normalized spacial score (nSPS) is 11.2. The molecule has 4 rings (SSSR count). The van der Waals surface area contributed by atoms with E-state index in [1.54, 1.807) is 17.2 Å². The van der Waals surface area contributed by atoms with Gasteiger partial charge in [-0.05, 0) is 11.1 Å². The molecule has 0 aliphatic rings. The number of aromatic nitrogens is 3. The lowest BCUT2D eigenvalue weighted by atomic mass is 9.76. The van der Waals surface area contributed by atoms with Crippen molar-refractivity contribution in [2.75, 3.05) is 0 Å². The molecule has 1 aromatic heterocycles. The molecule has 26 heavy (non-hydrogen) atoms. The molecule has 0 amide bonds. The minimum atomic E-state index is -1.08. The highest BCUT2D eigenvalue weighted by molar-refractivity contribution is 6.06.